The minimum Gasteiger partial charge on any atom is -0.487 e. The zero-order chi connectivity index (χ0) is 33.7. The summed E-state index contributed by atoms with van der Waals surface area (Å²) in [5.41, 5.74) is 4.64. The number of aromatic nitrogens is 1. The van der Waals surface area contributed by atoms with E-state index in [1.54, 1.807) is 6.07 Å². The normalized spacial score (nSPS) is 13.7. The standard InChI is InChI=1S/C35H47N3O6SSi/c1-24(18-26-14-16-29-28(19-26)21-31(37-29)34(39)42-5)36-22-33(44-46(7,8)35(2,3)4)27-15-17-32(30(20-27)38-45(6,40)41)43-23-25-12-10-9-11-13-25/h9-17,19-21,24,33,36-38H,18,22-23H2,1-8H3/t24-,33+/m1/s1. The van der Waals surface area contributed by atoms with Crippen LogP contribution in [0.5, 0.6) is 5.75 Å². The van der Waals surface area contributed by atoms with Crippen LogP contribution in [0, 0.1) is 0 Å². The fraction of sp³-hybridized carbons (Fsp3) is 0.400. The number of anilines is 1. The second kappa shape index (κ2) is 14.4. The summed E-state index contributed by atoms with van der Waals surface area (Å²) in [5.74, 6) is 0.0483. The highest BCUT2D eigenvalue weighted by Crippen LogP contribution is 2.40. The Kier molecular flexibility index (Phi) is 11.0. The Morgan fingerprint density at radius 3 is 2.35 bits per heavy atom. The summed E-state index contributed by atoms with van der Waals surface area (Å²) in [7, 11) is -4.43. The lowest BCUT2D eigenvalue weighted by atomic mass is 10.0. The van der Waals surface area contributed by atoms with Gasteiger partial charge in [-0.1, -0.05) is 63.2 Å². The minimum atomic E-state index is -3.57. The molecular weight excluding hydrogens is 619 g/mol. The van der Waals surface area contributed by atoms with E-state index in [1.807, 2.05) is 54.6 Å². The van der Waals surface area contributed by atoms with Gasteiger partial charge < -0.3 is 24.2 Å². The fourth-order valence-electron chi connectivity index (χ4n) is 4.91. The van der Waals surface area contributed by atoms with E-state index in [0.717, 1.165) is 40.3 Å². The van der Waals surface area contributed by atoms with Gasteiger partial charge in [0.05, 0.1) is 25.2 Å². The first-order chi connectivity index (χ1) is 21.5. The molecule has 46 heavy (non-hydrogen) atoms. The fourth-order valence-corrected chi connectivity index (χ4v) is 6.75. The second-order valence-corrected chi connectivity index (χ2v) is 19.9. The van der Waals surface area contributed by atoms with E-state index in [-0.39, 0.29) is 17.2 Å². The maximum Gasteiger partial charge on any atom is 0.354 e. The van der Waals surface area contributed by atoms with Crippen molar-refractivity contribution < 1.29 is 27.1 Å². The van der Waals surface area contributed by atoms with Crippen molar-refractivity contribution in [2.24, 2.45) is 0 Å². The van der Waals surface area contributed by atoms with Crippen LogP contribution in [-0.4, -0.2) is 53.6 Å². The van der Waals surface area contributed by atoms with Gasteiger partial charge in [-0.15, -0.1) is 0 Å². The Bertz CT molecular complexity index is 1750. The van der Waals surface area contributed by atoms with E-state index in [1.165, 1.54) is 7.11 Å². The number of fused-ring (bicyclic) bond motifs is 1. The predicted molar refractivity (Wildman–Crippen MR) is 188 cm³/mol. The van der Waals surface area contributed by atoms with Gasteiger partial charge in [0.1, 0.15) is 18.1 Å². The Labute approximate surface area is 274 Å². The van der Waals surface area contributed by atoms with Crippen molar-refractivity contribution in [3.8, 4) is 5.75 Å². The minimum absolute atomic E-state index is 0.0293. The lowest BCUT2D eigenvalue weighted by Crippen LogP contribution is -2.44. The van der Waals surface area contributed by atoms with E-state index >= 15 is 0 Å². The molecule has 0 spiro atoms. The third kappa shape index (κ3) is 9.44. The molecule has 2 atom stereocenters. The third-order valence-corrected chi connectivity index (χ3v) is 13.5. The third-order valence-electron chi connectivity index (χ3n) is 8.44. The SMILES string of the molecule is COC(=O)c1cc2cc(C[C@@H](C)NC[C@H](O[Si](C)(C)C(C)(C)C)c3ccc(OCc4ccccc4)c(NS(C)(=O)=O)c3)ccc2[nH]1. The van der Waals surface area contributed by atoms with Crippen LogP contribution in [0.25, 0.3) is 10.9 Å². The van der Waals surface area contributed by atoms with Crippen LogP contribution in [-0.2, 0) is 32.2 Å². The topological polar surface area (TPSA) is 119 Å². The van der Waals surface area contributed by atoms with Gasteiger partial charge >= 0.3 is 5.97 Å². The zero-order valence-electron chi connectivity index (χ0n) is 28.1. The predicted octanol–water partition coefficient (Wildman–Crippen LogP) is 7.19. The number of ether oxygens (including phenoxy) is 2. The Balaban J connectivity index is 1.56. The van der Waals surface area contributed by atoms with Crippen molar-refractivity contribution in [2.45, 2.75) is 71.0 Å². The number of carbonyl (C=O) groups is 1. The monoisotopic (exact) mass is 665 g/mol. The first kappa shape index (κ1) is 35.2. The molecule has 0 fully saturated rings. The van der Waals surface area contributed by atoms with Crippen LogP contribution in [0.15, 0.2) is 72.8 Å². The summed E-state index contributed by atoms with van der Waals surface area (Å²) in [6, 6.07) is 23.4. The number of sulfonamides is 1. The van der Waals surface area contributed by atoms with Crippen LogP contribution in [0.2, 0.25) is 18.1 Å². The summed E-state index contributed by atoms with van der Waals surface area (Å²) in [5, 5.41) is 4.58. The molecule has 248 valence electrons. The highest BCUT2D eigenvalue weighted by atomic mass is 32.2. The molecule has 0 aliphatic rings. The molecular formula is C35H47N3O6SSi. The van der Waals surface area contributed by atoms with Gasteiger partial charge in [0.15, 0.2) is 8.32 Å². The lowest BCUT2D eigenvalue weighted by molar-refractivity contribution is 0.0595. The van der Waals surface area contributed by atoms with Crippen LogP contribution in [0.4, 0.5) is 5.69 Å². The highest BCUT2D eigenvalue weighted by molar-refractivity contribution is 7.92. The van der Waals surface area contributed by atoms with Gasteiger partial charge in [-0.2, -0.15) is 0 Å². The van der Waals surface area contributed by atoms with Crippen LogP contribution < -0.4 is 14.8 Å². The van der Waals surface area contributed by atoms with Crippen LogP contribution >= 0.6 is 0 Å². The van der Waals surface area contributed by atoms with E-state index in [2.05, 4.69) is 67.9 Å². The van der Waals surface area contributed by atoms with E-state index in [0.29, 0.717) is 30.3 Å². The first-order valence-electron chi connectivity index (χ1n) is 15.4. The van der Waals surface area contributed by atoms with Gasteiger partial charge in [0, 0.05) is 23.5 Å². The summed E-state index contributed by atoms with van der Waals surface area (Å²) < 4.78 is 45.2. The quantitative estimate of drug-likeness (QED) is 0.0964. The number of hydrogen-bond donors (Lipinski definition) is 3. The molecule has 0 amide bonds. The Morgan fingerprint density at radius 1 is 0.978 bits per heavy atom. The number of nitrogens with one attached hydrogen (secondary N) is 3. The second-order valence-electron chi connectivity index (χ2n) is 13.4. The molecule has 4 rings (SSSR count). The maximum atomic E-state index is 12.4. The van der Waals surface area contributed by atoms with Crippen molar-refractivity contribution in [3.05, 3.63) is 95.2 Å². The molecule has 3 aromatic carbocycles. The van der Waals surface area contributed by atoms with E-state index in [9.17, 15) is 13.2 Å². The summed E-state index contributed by atoms with van der Waals surface area (Å²) in [6.45, 7) is 14.0. The molecule has 4 aromatic rings. The van der Waals surface area contributed by atoms with Gasteiger partial charge in [-0.25, -0.2) is 13.2 Å². The average molecular weight is 666 g/mol. The van der Waals surface area contributed by atoms with Crippen LogP contribution in [0.1, 0.15) is 61.0 Å². The van der Waals surface area contributed by atoms with Gasteiger partial charge in [-0.3, -0.25) is 4.72 Å². The van der Waals surface area contributed by atoms with Crippen molar-refractivity contribution in [1.82, 2.24) is 10.3 Å². The van der Waals surface area contributed by atoms with Gasteiger partial charge in [0.2, 0.25) is 10.0 Å². The number of carbonyl (C=O) groups excluding carboxylic acids is 1. The summed E-state index contributed by atoms with van der Waals surface area (Å²) in [6.07, 6.45) is 1.56. The number of benzene rings is 3. The van der Waals surface area contributed by atoms with E-state index < -0.39 is 24.3 Å². The van der Waals surface area contributed by atoms with Crippen molar-refractivity contribution in [1.29, 1.82) is 0 Å². The molecule has 1 heterocycles. The number of aromatic amines is 1. The molecule has 0 aliphatic heterocycles. The van der Waals surface area contributed by atoms with Crippen molar-refractivity contribution in [2.75, 3.05) is 24.6 Å². The molecule has 0 unspecified atom stereocenters. The Hall–Kier alpha value is -3.64. The molecule has 9 nitrogen and oxygen atoms in total. The number of rotatable bonds is 14. The number of esters is 1. The average Bonchev–Trinajstić information content (AvgIpc) is 3.41. The number of hydrogen-bond acceptors (Lipinski definition) is 7. The largest absolute Gasteiger partial charge is 0.487 e. The molecule has 11 heteroatoms. The van der Waals surface area contributed by atoms with Crippen molar-refractivity contribution in [3.63, 3.8) is 0 Å². The molecule has 0 saturated carbocycles. The maximum absolute atomic E-state index is 12.4. The van der Waals surface area contributed by atoms with E-state index in [4.69, 9.17) is 13.9 Å². The number of methoxy groups -OCH3 is 1. The van der Waals surface area contributed by atoms with Crippen molar-refractivity contribution >= 4 is 40.9 Å². The van der Waals surface area contributed by atoms with Crippen LogP contribution in [0.3, 0.4) is 0 Å². The Morgan fingerprint density at radius 2 is 1.70 bits per heavy atom. The highest BCUT2D eigenvalue weighted by Gasteiger charge is 2.39. The summed E-state index contributed by atoms with van der Waals surface area (Å²) in [4.78, 5) is 15.1. The van der Waals surface area contributed by atoms with Gasteiger partial charge in [0.25, 0.3) is 0 Å². The molecule has 1 aromatic heterocycles. The number of H-pyrrole nitrogens is 1. The first-order valence-corrected chi connectivity index (χ1v) is 20.2. The smallest absolute Gasteiger partial charge is 0.354 e. The molecule has 3 N–H and O–H groups in total. The molecule has 0 saturated heterocycles. The summed E-state index contributed by atoms with van der Waals surface area (Å²) >= 11 is 0. The zero-order valence-corrected chi connectivity index (χ0v) is 29.9. The lowest BCUT2D eigenvalue weighted by Gasteiger charge is -2.40. The molecule has 0 bridgehead atoms. The molecule has 0 aliphatic carbocycles. The van der Waals surface area contributed by atoms with Gasteiger partial charge in [-0.05, 0) is 78.5 Å². The molecule has 0 radical (unpaired) electrons.